The van der Waals surface area contributed by atoms with Crippen LogP contribution in [0.25, 0.3) is 0 Å². The van der Waals surface area contributed by atoms with E-state index in [9.17, 15) is 8.42 Å². The molecule has 0 radical (unpaired) electrons. The number of benzene rings is 1. The molecular formula is C14H24N2O3S. The number of nitrogens with two attached hydrogens (primary N) is 1. The fourth-order valence-corrected chi connectivity index (χ4v) is 2.82. The zero-order valence-electron chi connectivity index (χ0n) is 12.1. The van der Waals surface area contributed by atoms with E-state index < -0.39 is 10.0 Å². The van der Waals surface area contributed by atoms with E-state index in [2.05, 4.69) is 4.72 Å². The van der Waals surface area contributed by atoms with Gasteiger partial charge in [0.15, 0.2) is 0 Å². The molecule has 0 atom stereocenters. The third kappa shape index (κ3) is 6.00. The highest BCUT2D eigenvalue weighted by Gasteiger charge is 2.13. The summed E-state index contributed by atoms with van der Waals surface area (Å²) in [5.74, 6) is 0. The van der Waals surface area contributed by atoms with Crippen LogP contribution in [-0.4, -0.2) is 27.7 Å². The molecule has 20 heavy (non-hydrogen) atoms. The quantitative estimate of drug-likeness (QED) is 0.679. The van der Waals surface area contributed by atoms with E-state index in [1.807, 2.05) is 19.9 Å². The molecule has 6 heteroatoms. The van der Waals surface area contributed by atoms with Gasteiger partial charge >= 0.3 is 0 Å². The Bertz CT molecular complexity index is 501. The Morgan fingerprint density at radius 3 is 2.70 bits per heavy atom. The topological polar surface area (TPSA) is 81.4 Å². The maximum atomic E-state index is 12.1. The lowest BCUT2D eigenvalue weighted by Gasteiger charge is -2.09. The largest absolute Gasteiger partial charge is 0.379 e. The lowest BCUT2D eigenvalue weighted by atomic mass is 10.2. The molecule has 114 valence electrons. The van der Waals surface area contributed by atoms with Gasteiger partial charge in [-0.15, -0.1) is 0 Å². The van der Waals surface area contributed by atoms with E-state index in [1.54, 1.807) is 18.2 Å². The molecule has 0 heterocycles. The highest BCUT2D eigenvalue weighted by Crippen LogP contribution is 2.11. The van der Waals surface area contributed by atoms with Gasteiger partial charge in [0, 0.05) is 19.7 Å². The number of sulfonamides is 1. The van der Waals surface area contributed by atoms with Gasteiger partial charge in [0.05, 0.1) is 11.0 Å². The zero-order chi connectivity index (χ0) is 15.0. The van der Waals surface area contributed by atoms with Crippen LogP contribution >= 0.6 is 0 Å². The number of hydrogen-bond acceptors (Lipinski definition) is 4. The molecule has 0 bridgehead atoms. The number of hydrogen-bond donors (Lipinski definition) is 2. The SMILES string of the molecule is CC(C)OCCCCNS(=O)(=O)c1cccc(CN)c1. The van der Waals surface area contributed by atoms with Crippen molar-refractivity contribution < 1.29 is 13.2 Å². The minimum Gasteiger partial charge on any atom is -0.379 e. The molecular weight excluding hydrogens is 276 g/mol. The second-order valence-electron chi connectivity index (χ2n) is 4.88. The van der Waals surface area contributed by atoms with Gasteiger partial charge in [-0.3, -0.25) is 0 Å². The summed E-state index contributed by atoms with van der Waals surface area (Å²) in [4.78, 5) is 0.263. The van der Waals surface area contributed by atoms with Crippen LogP contribution in [0.1, 0.15) is 32.3 Å². The van der Waals surface area contributed by atoms with Crippen molar-refractivity contribution in [3.63, 3.8) is 0 Å². The van der Waals surface area contributed by atoms with Gasteiger partial charge < -0.3 is 10.5 Å². The second kappa shape index (κ2) is 8.36. The smallest absolute Gasteiger partial charge is 0.240 e. The lowest BCUT2D eigenvalue weighted by molar-refractivity contribution is 0.0762. The van der Waals surface area contributed by atoms with Crippen LogP contribution < -0.4 is 10.5 Å². The maximum absolute atomic E-state index is 12.1. The summed E-state index contributed by atoms with van der Waals surface area (Å²) < 4.78 is 32.1. The van der Waals surface area contributed by atoms with Crippen LogP contribution in [-0.2, 0) is 21.3 Å². The molecule has 1 rings (SSSR count). The average molecular weight is 300 g/mol. The lowest BCUT2D eigenvalue weighted by Crippen LogP contribution is -2.25. The Kier molecular flexibility index (Phi) is 7.15. The Balaban J connectivity index is 2.41. The molecule has 5 nitrogen and oxygen atoms in total. The molecule has 0 amide bonds. The van der Waals surface area contributed by atoms with E-state index in [4.69, 9.17) is 10.5 Å². The van der Waals surface area contributed by atoms with E-state index in [0.717, 1.165) is 18.4 Å². The van der Waals surface area contributed by atoms with Crippen LogP contribution in [0.4, 0.5) is 0 Å². The predicted molar refractivity (Wildman–Crippen MR) is 79.8 cm³/mol. The van der Waals surface area contributed by atoms with Crippen LogP contribution in [0, 0.1) is 0 Å². The predicted octanol–water partition coefficient (Wildman–Crippen LogP) is 1.63. The van der Waals surface area contributed by atoms with Crippen LogP contribution in [0.3, 0.4) is 0 Å². The molecule has 0 unspecified atom stereocenters. The third-order valence-corrected chi connectivity index (χ3v) is 4.22. The molecule has 0 saturated heterocycles. The summed E-state index contributed by atoms with van der Waals surface area (Å²) in [6.45, 7) is 5.36. The van der Waals surface area contributed by atoms with Gasteiger partial charge in [-0.1, -0.05) is 12.1 Å². The summed E-state index contributed by atoms with van der Waals surface area (Å²) in [6, 6.07) is 6.68. The molecule has 3 N–H and O–H groups in total. The number of nitrogens with one attached hydrogen (secondary N) is 1. The normalized spacial score (nSPS) is 12.0. The first-order chi connectivity index (χ1) is 9.45. The van der Waals surface area contributed by atoms with E-state index in [0.29, 0.717) is 19.7 Å². The number of ether oxygens (including phenoxy) is 1. The molecule has 0 saturated carbocycles. The van der Waals surface area contributed by atoms with Crippen molar-refractivity contribution >= 4 is 10.0 Å². The molecule has 0 spiro atoms. The molecule has 1 aromatic carbocycles. The first-order valence-corrected chi connectivity index (χ1v) is 8.34. The van der Waals surface area contributed by atoms with E-state index in [-0.39, 0.29) is 11.0 Å². The monoisotopic (exact) mass is 300 g/mol. The van der Waals surface area contributed by atoms with Crippen molar-refractivity contribution in [1.82, 2.24) is 4.72 Å². The minimum absolute atomic E-state index is 0.214. The summed E-state index contributed by atoms with van der Waals surface area (Å²) in [5.41, 5.74) is 6.32. The first kappa shape index (κ1) is 17.1. The summed E-state index contributed by atoms with van der Waals surface area (Å²) in [7, 11) is -3.44. The molecule has 0 aliphatic rings. The Morgan fingerprint density at radius 2 is 2.05 bits per heavy atom. The van der Waals surface area contributed by atoms with E-state index in [1.165, 1.54) is 0 Å². The maximum Gasteiger partial charge on any atom is 0.240 e. The van der Waals surface area contributed by atoms with Crippen LogP contribution in [0.2, 0.25) is 0 Å². The highest BCUT2D eigenvalue weighted by atomic mass is 32.2. The molecule has 0 aliphatic carbocycles. The fourth-order valence-electron chi connectivity index (χ4n) is 1.68. The van der Waals surface area contributed by atoms with Gasteiger partial charge in [0.25, 0.3) is 0 Å². The van der Waals surface area contributed by atoms with Gasteiger partial charge in [-0.25, -0.2) is 13.1 Å². The summed E-state index contributed by atoms with van der Waals surface area (Å²) in [6.07, 6.45) is 1.80. The van der Waals surface area contributed by atoms with Crippen molar-refractivity contribution in [3.8, 4) is 0 Å². The van der Waals surface area contributed by atoms with Crippen molar-refractivity contribution in [2.24, 2.45) is 5.73 Å². The average Bonchev–Trinajstić information content (AvgIpc) is 2.42. The third-order valence-electron chi connectivity index (χ3n) is 2.76. The van der Waals surface area contributed by atoms with Crippen molar-refractivity contribution in [2.45, 2.75) is 44.2 Å². The number of unbranched alkanes of at least 4 members (excludes halogenated alkanes) is 1. The van der Waals surface area contributed by atoms with Crippen molar-refractivity contribution in [2.75, 3.05) is 13.2 Å². The standard InChI is InChI=1S/C14H24N2O3S/c1-12(2)19-9-4-3-8-16-20(17,18)14-7-5-6-13(10-14)11-15/h5-7,10,12,16H,3-4,8-9,11,15H2,1-2H3. The Labute approximate surface area is 121 Å². The van der Waals surface area contributed by atoms with Crippen molar-refractivity contribution in [3.05, 3.63) is 29.8 Å². The highest BCUT2D eigenvalue weighted by molar-refractivity contribution is 7.89. The Hall–Kier alpha value is -0.950. The number of rotatable bonds is 9. The van der Waals surface area contributed by atoms with Gasteiger partial charge in [0.1, 0.15) is 0 Å². The van der Waals surface area contributed by atoms with Gasteiger partial charge in [-0.2, -0.15) is 0 Å². The molecule has 0 aromatic heterocycles. The van der Waals surface area contributed by atoms with Gasteiger partial charge in [0.2, 0.25) is 10.0 Å². The van der Waals surface area contributed by atoms with E-state index >= 15 is 0 Å². The van der Waals surface area contributed by atoms with Crippen LogP contribution in [0.15, 0.2) is 29.2 Å². The van der Waals surface area contributed by atoms with Gasteiger partial charge in [-0.05, 0) is 44.4 Å². The summed E-state index contributed by atoms with van der Waals surface area (Å²) in [5, 5.41) is 0. The van der Waals surface area contributed by atoms with Crippen molar-refractivity contribution in [1.29, 1.82) is 0 Å². The summed E-state index contributed by atoms with van der Waals surface area (Å²) >= 11 is 0. The Morgan fingerprint density at radius 1 is 1.30 bits per heavy atom. The fraction of sp³-hybridized carbons (Fsp3) is 0.571. The molecule has 0 fully saturated rings. The second-order valence-corrected chi connectivity index (χ2v) is 6.64. The molecule has 0 aliphatic heterocycles. The minimum atomic E-state index is -3.44. The molecule has 1 aromatic rings. The first-order valence-electron chi connectivity index (χ1n) is 6.86. The van der Waals surface area contributed by atoms with Crippen LogP contribution in [0.5, 0.6) is 0 Å². The zero-order valence-corrected chi connectivity index (χ0v) is 12.9.